The molecule has 1 atom stereocenters. The van der Waals surface area contributed by atoms with Crippen molar-refractivity contribution in [1.82, 2.24) is 0 Å². The van der Waals surface area contributed by atoms with E-state index in [1.807, 2.05) is 63.2 Å². The summed E-state index contributed by atoms with van der Waals surface area (Å²) in [6, 6.07) is 17.0. The van der Waals surface area contributed by atoms with Gasteiger partial charge in [0.05, 0.1) is 6.61 Å². The van der Waals surface area contributed by atoms with Crippen molar-refractivity contribution >= 4 is 6.29 Å². The Bertz CT molecular complexity index is 506. The van der Waals surface area contributed by atoms with Gasteiger partial charge in [-0.2, -0.15) is 0 Å². The van der Waals surface area contributed by atoms with Crippen LogP contribution >= 0.6 is 0 Å². The first kappa shape index (κ1) is 20.9. The molecule has 0 aliphatic rings. The molecule has 0 saturated heterocycles. The molecule has 3 nitrogen and oxygen atoms in total. The summed E-state index contributed by atoms with van der Waals surface area (Å²) in [7, 11) is 1.70. The molecule has 3 heteroatoms. The quantitative estimate of drug-likeness (QED) is 0.818. The molecule has 2 aromatic carbocycles. The monoisotopic (exact) mass is 316 g/mol. The molecular weight excluding hydrogens is 288 g/mol. The molecule has 0 bridgehead atoms. The Morgan fingerprint density at radius 3 is 2.04 bits per heavy atom. The van der Waals surface area contributed by atoms with E-state index in [-0.39, 0.29) is 11.7 Å². The highest BCUT2D eigenvalue weighted by Gasteiger charge is 2.00. The van der Waals surface area contributed by atoms with Crippen LogP contribution in [0.3, 0.4) is 0 Å². The number of methoxy groups -OCH3 is 1. The number of hydrogen-bond donors (Lipinski definition) is 1. The zero-order valence-corrected chi connectivity index (χ0v) is 14.5. The van der Waals surface area contributed by atoms with Crippen LogP contribution in [0.2, 0.25) is 0 Å². The largest absolute Gasteiger partial charge is 0.508 e. The van der Waals surface area contributed by atoms with Crippen LogP contribution in [0, 0.1) is 5.92 Å². The van der Waals surface area contributed by atoms with Crippen LogP contribution in [0.5, 0.6) is 5.75 Å². The van der Waals surface area contributed by atoms with Gasteiger partial charge in [0, 0.05) is 13.0 Å². The molecule has 0 aliphatic carbocycles. The van der Waals surface area contributed by atoms with Crippen LogP contribution in [0.1, 0.15) is 31.9 Å². The van der Waals surface area contributed by atoms with Gasteiger partial charge in [-0.25, -0.2) is 0 Å². The summed E-state index contributed by atoms with van der Waals surface area (Å²) in [5.41, 5.74) is 2.30. The highest BCUT2D eigenvalue weighted by atomic mass is 16.5. The van der Waals surface area contributed by atoms with Gasteiger partial charge >= 0.3 is 0 Å². The Hall–Kier alpha value is -2.13. The number of rotatable bonds is 5. The van der Waals surface area contributed by atoms with Crippen LogP contribution < -0.4 is 0 Å². The third-order valence-electron chi connectivity index (χ3n) is 2.88. The molecule has 2 rings (SSSR count). The van der Waals surface area contributed by atoms with Gasteiger partial charge in [0.15, 0.2) is 0 Å². The van der Waals surface area contributed by atoms with Crippen molar-refractivity contribution in [3.63, 3.8) is 0 Å². The van der Waals surface area contributed by atoms with Crippen molar-refractivity contribution in [3.05, 3.63) is 65.7 Å². The minimum absolute atomic E-state index is 0.0505. The second-order valence-corrected chi connectivity index (χ2v) is 4.90. The van der Waals surface area contributed by atoms with E-state index in [1.54, 1.807) is 19.2 Å². The second kappa shape index (κ2) is 13.5. The summed E-state index contributed by atoms with van der Waals surface area (Å²) in [6.45, 7) is 6.58. The van der Waals surface area contributed by atoms with E-state index in [4.69, 9.17) is 9.84 Å². The molecule has 0 aromatic heterocycles. The minimum Gasteiger partial charge on any atom is -0.508 e. The molecule has 0 saturated carbocycles. The van der Waals surface area contributed by atoms with Gasteiger partial charge in [0.25, 0.3) is 0 Å². The van der Waals surface area contributed by atoms with E-state index < -0.39 is 0 Å². The topological polar surface area (TPSA) is 46.5 Å². The van der Waals surface area contributed by atoms with E-state index in [0.717, 1.165) is 18.3 Å². The van der Waals surface area contributed by atoms with E-state index >= 15 is 0 Å². The lowest BCUT2D eigenvalue weighted by Gasteiger charge is -2.02. The molecule has 126 valence electrons. The SMILES string of the molecule is CC.CC(C=O)Cc1ccc(O)cc1.COCc1ccccc1. The number of carbonyl (C=O) groups excluding carboxylic acids is 1. The third-order valence-corrected chi connectivity index (χ3v) is 2.88. The molecule has 23 heavy (non-hydrogen) atoms. The zero-order valence-electron chi connectivity index (χ0n) is 14.5. The first-order valence-electron chi connectivity index (χ1n) is 7.91. The van der Waals surface area contributed by atoms with Gasteiger partial charge in [-0.3, -0.25) is 0 Å². The lowest BCUT2D eigenvalue weighted by Crippen LogP contribution is -1.99. The second-order valence-electron chi connectivity index (χ2n) is 4.90. The van der Waals surface area contributed by atoms with Crippen molar-refractivity contribution in [3.8, 4) is 5.75 Å². The van der Waals surface area contributed by atoms with Crippen LogP contribution in [-0.4, -0.2) is 18.5 Å². The molecule has 0 fully saturated rings. The summed E-state index contributed by atoms with van der Waals surface area (Å²) >= 11 is 0. The Morgan fingerprint density at radius 1 is 1.00 bits per heavy atom. The molecule has 0 aliphatic heterocycles. The summed E-state index contributed by atoms with van der Waals surface area (Å²) < 4.78 is 4.93. The predicted octanol–water partition coefficient (Wildman–Crippen LogP) is 4.63. The molecule has 0 heterocycles. The fraction of sp³-hybridized carbons (Fsp3) is 0.350. The molecule has 2 aromatic rings. The number of benzene rings is 2. The van der Waals surface area contributed by atoms with Crippen molar-refractivity contribution in [1.29, 1.82) is 0 Å². The number of carbonyl (C=O) groups is 1. The summed E-state index contributed by atoms with van der Waals surface area (Å²) in [5, 5.41) is 8.98. The lowest BCUT2D eigenvalue weighted by atomic mass is 10.0. The van der Waals surface area contributed by atoms with Gasteiger partial charge in [-0.05, 0) is 29.7 Å². The highest BCUT2D eigenvalue weighted by Crippen LogP contribution is 2.12. The average Bonchev–Trinajstić information content (AvgIpc) is 2.60. The summed E-state index contributed by atoms with van der Waals surface area (Å²) in [4.78, 5) is 10.3. The van der Waals surface area contributed by atoms with Crippen molar-refractivity contribution in [2.24, 2.45) is 5.92 Å². The van der Waals surface area contributed by atoms with E-state index in [9.17, 15) is 4.79 Å². The van der Waals surface area contributed by atoms with Crippen molar-refractivity contribution in [2.75, 3.05) is 7.11 Å². The maximum Gasteiger partial charge on any atom is 0.123 e. The van der Waals surface area contributed by atoms with Gasteiger partial charge in [-0.15, -0.1) is 0 Å². The number of ether oxygens (including phenoxy) is 1. The van der Waals surface area contributed by atoms with Gasteiger partial charge in [-0.1, -0.05) is 63.2 Å². The molecule has 0 amide bonds. The highest BCUT2D eigenvalue weighted by molar-refractivity contribution is 5.53. The number of aromatic hydroxyl groups is 1. The number of phenols is 1. The van der Waals surface area contributed by atoms with Gasteiger partial charge in [0.1, 0.15) is 12.0 Å². The normalized spacial score (nSPS) is 10.4. The first-order chi connectivity index (χ1) is 11.2. The molecule has 1 N–H and O–H groups in total. The lowest BCUT2D eigenvalue weighted by molar-refractivity contribution is -0.110. The van der Waals surface area contributed by atoms with Crippen molar-refractivity contribution < 1.29 is 14.6 Å². The fourth-order valence-electron chi connectivity index (χ4n) is 1.79. The first-order valence-corrected chi connectivity index (χ1v) is 7.91. The maximum atomic E-state index is 10.3. The van der Waals surface area contributed by atoms with Crippen LogP contribution in [0.15, 0.2) is 54.6 Å². The van der Waals surface area contributed by atoms with Crippen LogP contribution in [0.25, 0.3) is 0 Å². The van der Waals surface area contributed by atoms with E-state index in [2.05, 4.69) is 0 Å². The predicted molar refractivity (Wildman–Crippen MR) is 95.5 cm³/mol. The Balaban J connectivity index is 0.000000392. The minimum atomic E-state index is 0.0505. The van der Waals surface area contributed by atoms with E-state index in [1.165, 1.54) is 5.56 Å². The average molecular weight is 316 g/mol. The summed E-state index contributed by atoms with van der Waals surface area (Å²) in [5.74, 6) is 0.312. The standard InChI is InChI=1S/C10H12O2.C8H10O.C2H6/c1-8(7-11)6-9-2-4-10(12)5-3-9;1-9-7-8-5-3-2-4-6-8;1-2/h2-5,7-8,12H,6H2,1H3;2-6H,7H2,1H3;1-2H3. The Labute approximate surface area is 139 Å². The zero-order chi connectivity index (χ0) is 17.5. The van der Waals surface area contributed by atoms with Crippen LogP contribution in [-0.2, 0) is 22.6 Å². The summed E-state index contributed by atoms with van der Waals surface area (Å²) in [6.07, 6.45) is 1.68. The van der Waals surface area contributed by atoms with Gasteiger partial charge in [0.2, 0.25) is 0 Å². The molecule has 1 unspecified atom stereocenters. The maximum absolute atomic E-state index is 10.3. The van der Waals surface area contributed by atoms with Crippen molar-refractivity contribution in [2.45, 2.75) is 33.8 Å². The molecular formula is C20H28O3. The number of aldehydes is 1. The Kier molecular flexibility index (Phi) is 12.3. The third kappa shape index (κ3) is 10.3. The number of hydrogen-bond acceptors (Lipinski definition) is 3. The van der Waals surface area contributed by atoms with E-state index in [0.29, 0.717) is 6.61 Å². The molecule has 0 spiro atoms. The molecule has 0 radical (unpaired) electrons. The smallest absolute Gasteiger partial charge is 0.123 e. The fourth-order valence-corrected chi connectivity index (χ4v) is 1.79. The Morgan fingerprint density at radius 2 is 1.57 bits per heavy atom. The van der Waals surface area contributed by atoms with Gasteiger partial charge < -0.3 is 14.6 Å². The number of phenolic OH excluding ortho intramolecular Hbond substituents is 1. The van der Waals surface area contributed by atoms with Crippen LogP contribution in [0.4, 0.5) is 0 Å².